The number of urea groups is 1. The minimum atomic E-state index is -0.638. The number of carbonyl (C=O) groups is 1. The van der Waals surface area contributed by atoms with Crippen LogP contribution in [0, 0.1) is 0 Å². The first-order chi connectivity index (χ1) is 3.66. The summed E-state index contributed by atoms with van der Waals surface area (Å²) in [7, 11) is -0.538. The van der Waals surface area contributed by atoms with E-state index in [2.05, 4.69) is 11.1 Å². The molecule has 0 saturated carbocycles. The monoisotopic (exact) mass is 135 g/mol. The zero-order valence-electron chi connectivity index (χ0n) is 4.47. The van der Waals surface area contributed by atoms with E-state index < -0.39 is 14.5 Å². The molecule has 2 amide bonds. The first kappa shape index (κ1) is 7.37. The van der Waals surface area contributed by atoms with Crippen molar-refractivity contribution in [2.45, 2.75) is 12.7 Å². The molecule has 0 rings (SSSR count). The fourth-order valence-electron chi connectivity index (χ4n) is 0.243. The number of carbonyl (C=O) groups excluding carboxylic acids is 1. The van der Waals surface area contributed by atoms with Crippen LogP contribution in [0.15, 0.2) is 0 Å². The van der Waals surface area contributed by atoms with E-state index in [1.807, 2.05) is 0 Å². The van der Waals surface area contributed by atoms with Gasteiger partial charge in [0.1, 0.15) is 0 Å². The SMILES string of the molecule is CC(NC(N)=O)[PH+]=O. The molecule has 0 aliphatic heterocycles. The van der Waals surface area contributed by atoms with Crippen LogP contribution >= 0.6 is 8.46 Å². The fraction of sp³-hybridized carbons (Fsp3) is 0.667. The third-order valence-electron chi connectivity index (χ3n) is 0.536. The van der Waals surface area contributed by atoms with Crippen LogP contribution in [0.2, 0.25) is 0 Å². The highest BCUT2D eigenvalue weighted by Crippen LogP contribution is 1.98. The highest BCUT2D eigenvalue weighted by Gasteiger charge is 2.07. The molecule has 0 heterocycles. The van der Waals surface area contributed by atoms with Crippen molar-refractivity contribution in [2.75, 3.05) is 0 Å². The van der Waals surface area contributed by atoms with Gasteiger partial charge in [-0.05, 0) is 0 Å². The molecule has 2 atom stereocenters. The summed E-state index contributed by atoms with van der Waals surface area (Å²) >= 11 is 0. The molecule has 3 N–H and O–H groups in total. The Labute approximate surface area is 48.6 Å². The summed E-state index contributed by atoms with van der Waals surface area (Å²) in [6.45, 7) is 1.61. The highest BCUT2D eigenvalue weighted by molar-refractivity contribution is 7.24. The molecule has 0 aliphatic carbocycles. The lowest BCUT2D eigenvalue weighted by Crippen LogP contribution is -2.33. The summed E-state index contributed by atoms with van der Waals surface area (Å²) in [6.07, 6.45) is 0. The molecule has 8 heavy (non-hydrogen) atoms. The van der Waals surface area contributed by atoms with E-state index >= 15 is 0 Å². The van der Waals surface area contributed by atoms with Crippen LogP contribution in [-0.2, 0) is 4.57 Å². The average Bonchev–Trinajstić information content (AvgIpc) is 1.65. The second-order valence-electron chi connectivity index (χ2n) is 1.35. The maximum atomic E-state index is 9.95. The Morgan fingerprint density at radius 2 is 2.38 bits per heavy atom. The summed E-state index contributed by atoms with van der Waals surface area (Å²) in [6, 6.07) is -0.638. The topological polar surface area (TPSA) is 72.2 Å². The summed E-state index contributed by atoms with van der Waals surface area (Å²) in [5.41, 5.74) is 4.68. The third kappa shape index (κ3) is 3.56. The van der Waals surface area contributed by atoms with Crippen molar-refractivity contribution in [3.05, 3.63) is 0 Å². The number of nitrogens with one attached hydrogen (secondary N) is 1. The van der Waals surface area contributed by atoms with Gasteiger partial charge in [0, 0.05) is 6.92 Å². The van der Waals surface area contributed by atoms with Crippen molar-refractivity contribution in [3.8, 4) is 0 Å². The molecule has 0 aromatic heterocycles. The first-order valence-corrected chi connectivity index (χ1v) is 3.09. The predicted molar refractivity (Wildman–Crippen MR) is 31.2 cm³/mol. The fourth-order valence-corrected chi connectivity index (χ4v) is 0.444. The molecule has 0 fully saturated rings. The molecule has 2 unspecified atom stereocenters. The van der Waals surface area contributed by atoms with E-state index in [0.717, 1.165) is 0 Å². The molecule has 0 bridgehead atoms. The maximum absolute atomic E-state index is 9.95. The molecule has 4 nitrogen and oxygen atoms in total. The van der Waals surface area contributed by atoms with E-state index in [1.54, 1.807) is 6.92 Å². The van der Waals surface area contributed by atoms with Crippen molar-refractivity contribution in [1.82, 2.24) is 5.32 Å². The Hall–Kier alpha value is -0.630. The second kappa shape index (κ2) is 3.38. The van der Waals surface area contributed by atoms with Gasteiger partial charge in [-0.25, -0.2) is 4.79 Å². The highest BCUT2D eigenvalue weighted by atomic mass is 31.1. The van der Waals surface area contributed by atoms with Crippen LogP contribution in [0.25, 0.3) is 0 Å². The molecule has 0 aromatic rings. The number of nitrogens with two attached hydrogens (primary N) is 1. The molecule has 46 valence electrons. The predicted octanol–water partition coefficient (Wildman–Crippen LogP) is 0.0247. The largest absolute Gasteiger partial charge is 0.352 e. The molecule has 0 aliphatic rings. The minimum absolute atomic E-state index is 0.326. The Balaban J connectivity index is 3.38. The first-order valence-electron chi connectivity index (χ1n) is 2.10. The second-order valence-corrected chi connectivity index (χ2v) is 2.45. The summed E-state index contributed by atoms with van der Waals surface area (Å²) in [4.78, 5) is 9.95. The van der Waals surface area contributed by atoms with Crippen LogP contribution in [0.5, 0.6) is 0 Å². The van der Waals surface area contributed by atoms with Gasteiger partial charge < -0.3 is 5.73 Å². The molecular weight excluding hydrogens is 127 g/mol. The number of amides is 2. The Bertz CT molecular complexity index is 105. The number of hydrogen-bond acceptors (Lipinski definition) is 2. The van der Waals surface area contributed by atoms with Crippen LogP contribution in [0.4, 0.5) is 4.79 Å². The van der Waals surface area contributed by atoms with Crippen molar-refractivity contribution >= 4 is 14.5 Å². The third-order valence-corrected chi connectivity index (χ3v) is 1.03. The van der Waals surface area contributed by atoms with Gasteiger partial charge in [0.25, 0.3) is 0 Å². The van der Waals surface area contributed by atoms with E-state index in [1.165, 1.54) is 0 Å². The zero-order valence-corrected chi connectivity index (χ0v) is 5.47. The van der Waals surface area contributed by atoms with Gasteiger partial charge in [-0.3, -0.25) is 5.32 Å². The van der Waals surface area contributed by atoms with E-state index in [4.69, 9.17) is 0 Å². The number of hydrogen-bond donors (Lipinski definition) is 2. The van der Waals surface area contributed by atoms with Crippen LogP contribution < -0.4 is 11.1 Å². The van der Waals surface area contributed by atoms with Crippen LogP contribution in [0.3, 0.4) is 0 Å². The molecular formula is C3H8N2O2P+. The standard InChI is InChI=1S/C3H7N2O2P/c1-2(8-7)5-3(4)6/h2H,1H3,(H3,4,5,6)/p+1. The Morgan fingerprint density at radius 1 is 1.88 bits per heavy atom. The lowest BCUT2D eigenvalue weighted by molar-refractivity contribution is 0.248. The van der Waals surface area contributed by atoms with Gasteiger partial charge in [0.15, 0.2) is 0 Å². The summed E-state index contributed by atoms with van der Waals surface area (Å²) < 4.78 is 9.92. The number of rotatable bonds is 2. The Morgan fingerprint density at radius 3 is 2.50 bits per heavy atom. The smallest absolute Gasteiger partial charge is 0.349 e. The lowest BCUT2D eigenvalue weighted by atomic mass is 10.7. The maximum Gasteiger partial charge on any atom is 0.349 e. The number of primary amides is 1. The minimum Gasteiger partial charge on any atom is -0.352 e. The van der Waals surface area contributed by atoms with Crippen LogP contribution in [-0.4, -0.2) is 11.8 Å². The molecule has 0 spiro atoms. The van der Waals surface area contributed by atoms with Gasteiger partial charge in [-0.2, -0.15) is 0 Å². The molecule has 0 saturated heterocycles. The van der Waals surface area contributed by atoms with Gasteiger partial charge in [0.05, 0.1) is 0 Å². The summed E-state index contributed by atoms with van der Waals surface area (Å²) in [5.74, 6) is -0.326. The average molecular weight is 135 g/mol. The summed E-state index contributed by atoms with van der Waals surface area (Å²) in [5, 5.41) is 2.23. The zero-order chi connectivity index (χ0) is 6.57. The van der Waals surface area contributed by atoms with Gasteiger partial charge in [0.2, 0.25) is 5.78 Å². The van der Waals surface area contributed by atoms with Gasteiger partial charge >= 0.3 is 14.5 Å². The van der Waals surface area contributed by atoms with Crippen molar-refractivity contribution in [1.29, 1.82) is 0 Å². The van der Waals surface area contributed by atoms with E-state index in [9.17, 15) is 9.36 Å². The molecule has 0 aromatic carbocycles. The van der Waals surface area contributed by atoms with Gasteiger partial charge in [-0.15, -0.1) is 0 Å². The lowest BCUT2D eigenvalue weighted by Gasteiger charge is -1.93. The quantitative estimate of drug-likeness (QED) is 0.524. The van der Waals surface area contributed by atoms with Crippen molar-refractivity contribution in [3.63, 3.8) is 0 Å². The molecule has 0 radical (unpaired) electrons. The molecule has 5 heteroatoms. The normalized spacial score (nSPS) is 13.1. The van der Waals surface area contributed by atoms with Crippen molar-refractivity contribution < 1.29 is 9.36 Å². The van der Waals surface area contributed by atoms with E-state index in [0.29, 0.717) is 0 Å². The Kier molecular flexibility index (Phi) is 3.12. The van der Waals surface area contributed by atoms with Gasteiger partial charge in [-0.1, -0.05) is 4.57 Å². The van der Waals surface area contributed by atoms with Crippen molar-refractivity contribution in [2.24, 2.45) is 5.73 Å². The van der Waals surface area contributed by atoms with Crippen LogP contribution in [0.1, 0.15) is 6.92 Å². The van der Waals surface area contributed by atoms with E-state index in [-0.39, 0.29) is 5.78 Å².